The molecule has 0 aromatic rings. The summed E-state index contributed by atoms with van der Waals surface area (Å²) >= 11 is -2.45. The topological polar surface area (TPSA) is 42.2 Å². The Morgan fingerprint density at radius 1 is 1.38 bits per heavy atom. The molecule has 0 saturated carbocycles. The third kappa shape index (κ3) is 2.06. The molecule has 0 fully saturated rings. The predicted molar refractivity (Wildman–Crippen MR) is 66.7 cm³/mol. The number of rotatable bonds is 3. The molecule has 0 bridgehead atoms. The molecule has 4 heteroatoms. The van der Waals surface area contributed by atoms with Crippen LogP contribution < -0.4 is 0 Å². The van der Waals surface area contributed by atoms with Crippen LogP contribution in [0.25, 0.3) is 0 Å². The van der Waals surface area contributed by atoms with Crippen LogP contribution in [0, 0.1) is 11.3 Å². The van der Waals surface area contributed by atoms with Crippen LogP contribution in [-0.2, 0) is 9.47 Å². The number of methoxy groups -OCH3 is 2. The van der Waals surface area contributed by atoms with E-state index in [-0.39, 0.29) is 9.72 Å². The Hall–Kier alpha value is -0.311. The number of nitrogens with zero attached hydrogens (tertiary/aromatic N) is 1. The molecule has 88 valence electrons. The summed E-state index contributed by atoms with van der Waals surface area (Å²) in [6, 6.07) is 2.20. The molecule has 1 rings (SSSR count). The van der Waals surface area contributed by atoms with Gasteiger partial charge in [-0.25, -0.2) is 0 Å². The molecular weight excluding hydrogens is 309 g/mol. The number of ether oxygens (including phenoxy) is 2. The van der Waals surface area contributed by atoms with Crippen molar-refractivity contribution >= 4 is 18.4 Å². The van der Waals surface area contributed by atoms with Crippen molar-refractivity contribution in [2.45, 2.75) is 24.5 Å². The van der Waals surface area contributed by atoms with Crippen molar-refractivity contribution in [3.63, 3.8) is 0 Å². The standard InChI is InChI=1S/C9H10NO2.3CH3.Sn/c1-11-8-5-3-4-7(6-10)9(8)12-2;;;;/h3-5,9H,1-2H3;3*1H3;. The fraction of sp³-hybridized carbons (Fsp3) is 0.583. The Bertz CT molecular complexity index is 362. The summed E-state index contributed by atoms with van der Waals surface area (Å²) in [6.07, 6.45) is 5.53. The first-order valence-corrected chi connectivity index (χ1v) is 15.3. The van der Waals surface area contributed by atoms with E-state index < -0.39 is 18.4 Å². The summed E-state index contributed by atoms with van der Waals surface area (Å²) in [6.45, 7) is 0. The fourth-order valence-electron chi connectivity index (χ4n) is 2.22. The monoisotopic (exact) mass is 329 g/mol. The molecule has 1 aliphatic carbocycles. The molecule has 0 saturated heterocycles. The SMILES string of the molecule is COC1C(C#N)=CC=C[C]1(OC)[Sn]([CH3])([CH3])[CH3]. The second-order valence-corrected chi connectivity index (χ2v) is 20.0. The third-order valence-electron chi connectivity index (χ3n) is 3.17. The van der Waals surface area contributed by atoms with E-state index in [2.05, 4.69) is 27.0 Å². The Labute approximate surface area is 102 Å². The Morgan fingerprint density at radius 2 is 2.00 bits per heavy atom. The van der Waals surface area contributed by atoms with Crippen LogP contribution in [0.15, 0.2) is 23.8 Å². The summed E-state index contributed by atoms with van der Waals surface area (Å²) in [5.74, 6) is 0. The zero-order valence-corrected chi connectivity index (χ0v) is 13.4. The van der Waals surface area contributed by atoms with E-state index in [1.54, 1.807) is 14.2 Å². The van der Waals surface area contributed by atoms with Gasteiger partial charge in [-0.2, -0.15) is 0 Å². The fourth-order valence-corrected chi connectivity index (χ4v) is 8.70. The van der Waals surface area contributed by atoms with Gasteiger partial charge in [0, 0.05) is 0 Å². The van der Waals surface area contributed by atoms with E-state index in [0.717, 1.165) is 0 Å². The summed E-state index contributed by atoms with van der Waals surface area (Å²) < 4.78 is 10.9. The van der Waals surface area contributed by atoms with Crippen molar-refractivity contribution in [2.75, 3.05) is 14.2 Å². The van der Waals surface area contributed by atoms with Gasteiger partial charge in [0.2, 0.25) is 0 Å². The maximum absolute atomic E-state index is 9.12. The molecule has 0 aromatic heterocycles. The average Bonchev–Trinajstić information content (AvgIpc) is 2.25. The summed E-state index contributed by atoms with van der Waals surface area (Å²) in [5, 5.41) is 9.12. The number of nitriles is 1. The maximum atomic E-state index is 9.12. The summed E-state index contributed by atoms with van der Waals surface area (Å²) in [7, 11) is 3.35. The molecule has 0 N–H and O–H groups in total. The molecule has 2 unspecified atom stereocenters. The first-order chi connectivity index (χ1) is 7.43. The second-order valence-electron chi connectivity index (χ2n) is 4.96. The Balaban J connectivity index is 3.28. The molecule has 0 amide bonds. The zero-order valence-electron chi connectivity index (χ0n) is 10.6. The molecule has 0 radical (unpaired) electrons. The van der Waals surface area contributed by atoms with Gasteiger partial charge in [-0.1, -0.05) is 0 Å². The van der Waals surface area contributed by atoms with E-state index in [4.69, 9.17) is 14.7 Å². The molecule has 0 heterocycles. The van der Waals surface area contributed by atoms with Gasteiger partial charge in [0.05, 0.1) is 0 Å². The molecule has 16 heavy (non-hydrogen) atoms. The first-order valence-electron chi connectivity index (χ1n) is 5.30. The van der Waals surface area contributed by atoms with Crippen LogP contribution in [0.5, 0.6) is 0 Å². The predicted octanol–water partition coefficient (Wildman–Crippen LogP) is 2.28. The van der Waals surface area contributed by atoms with Crippen LogP contribution in [0.2, 0.25) is 14.8 Å². The van der Waals surface area contributed by atoms with E-state index in [1.165, 1.54) is 0 Å². The molecule has 1 aliphatic rings. The molecule has 2 atom stereocenters. The number of hydrogen-bond donors (Lipinski definition) is 0. The summed E-state index contributed by atoms with van der Waals surface area (Å²) in [4.78, 5) is 6.86. The first kappa shape index (κ1) is 13.8. The van der Waals surface area contributed by atoms with Crippen molar-refractivity contribution in [1.82, 2.24) is 0 Å². The molecule has 0 spiro atoms. The number of allylic oxidation sites excluding steroid dienone is 2. The van der Waals surface area contributed by atoms with Crippen molar-refractivity contribution < 1.29 is 9.47 Å². The van der Waals surface area contributed by atoms with E-state index in [1.807, 2.05) is 12.2 Å². The van der Waals surface area contributed by atoms with Crippen LogP contribution >= 0.6 is 0 Å². The molecule has 0 aromatic carbocycles. The van der Waals surface area contributed by atoms with Gasteiger partial charge in [-0.15, -0.1) is 0 Å². The normalized spacial score (nSPS) is 29.8. The van der Waals surface area contributed by atoms with Crippen LogP contribution in [0.3, 0.4) is 0 Å². The quantitative estimate of drug-likeness (QED) is 0.747. The van der Waals surface area contributed by atoms with Crippen LogP contribution in [-0.4, -0.2) is 42.3 Å². The third-order valence-corrected chi connectivity index (χ3v) is 11.7. The van der Waals surface area contributed by atoms with Crippen molar-refractivity contribution in [3.05, 3.63) is 23.8 Å². The van der Waals surface area contributed by atoms with Gasteiger partial charge >= 0.3 is 102 Å². The zero-order chi connectivity index (χ0) is 12.4. The Kier molecular flexibility index (Phi) is 4.22. The summed E-state index contributed by atoms with van der Waals surface area (Å²) in [5.41, 5.74) is 0.651. The Morgan fingerprint density at radius 3 is 2.38 bits per heavy atom. The van der Waals surface area contributed by atoms with Crippen molar-refractivity contribution in [3.8, 4) is 6.07 Å². The van der Waals surface area contributed by atoms with E-state index >= 15 is 0 Å². The van der Waals surface area contributed by atoms with Crippen LogP contribution in [0.4, 0.5) is 0 Å². The van der Waals surface area contributed by atoms with Gasteiger partial charge in [-0.05, 0) is 0 Å². The van der Waals surface area contributed by atoms with E-state index in [9.17, 15) is 0 Å². The average molecular weight is 328 g/mol. The van der Waals surface area contributed by atoms with E-state index in [0.29, 0.717) is 5.57 Å². The second kappa shape index (κ2) is 4.90. The minimum absolute atomic E-state index is 0.261. The van der Waals surface area contributed by atoms with Gasteiger partial charge < -0.3 is 0 Å². The van der Waals surface area contributed by atoms with Crippen molar-refractivity contribution in [2.24, 2.45) is 0 Å². The number of hydrogen-bond acceptors (Lipinski definition) is 3. The van der Waals surface area contributed by atoms with Gasteiger partial charge in [0.1, 0.15) is 0 Å². The molecule has 3 nitrogen and oxygen atoms in total. The van der Waals surface area contributed by atoms with Gasteiger partial charge in [0.15, 0.2) is 0 Å². The van der Waals surface area contributed by atoms with Crippen molar-refractivity contribution in [1.29, 1.82) is 5.26 Å². The van der Waals surface area contributed by atoms with Crippen LogP contribution in [0.1, 0.15) is 0 Å². The van der Waals surface area contributed by atoms with Gasteiger partial charge in [-0.3, -0.25) is 0 Å². The molecular formula is C12H19NO2Sn. The van der Waals surface area contributed by atoms with Gasteiger partial charge in [0.25, 0.3) is 0 Å². The minimum atomic E-state index is -2.45. The molecule has 0 aliphatic heterocycles.